The molecule has 1 aromatic carbocycles. The Balaban J connectivity index is 2.65. The van der Waals surface area contributed by atoms with Crippen LogP contribution in [0, 0.1) is 5.82 Å². The standard InChI is InChI=1S/C13H18F4N2/c1-2-7-19(9-13(15,16)17)8-12(18)10-3-5-11(14)6-4-10/h3-6,12H,2,7-9,18H2,1H3. The lowest BCUT2D eigenvalue weighted by Gasteiger charge is -2.26. The smallest absolute Gasteiger partial charge is 0.323 e. The number of nitrogens with zero attached hydrogens (tertiary/aromatic N) is 1. The maximum Gasteiger partial charge on any atom is 0.401 e. The fraction of sp³-hybridized carbons (Fsp3) is 0.538. The maximum absolute atomic E-state index is 12.8. The van der Waals surface area contributed by atoms with E-state index in [1.54, 1.807) is 0 Å². The van der Waals surface area contributed by atoms with Crippen LogP contribution in [0.4, 0.5) is 17.6 Å². The topological polar surface area (TPSA) is 29.3 Å². The monoisotopic (exact) mass is 278 g/mol. The van der Waals surface area contributed by atoms with Crippen LogP contribution in [0.5, 0.6) is 0 Å². The highest BCUT2D eigenvalue weighted by Crippen LogP contribution is 2.19. The summed E-state index contributed by atoms with van der Waals surface area (Å²) in [5.74, 6) is -0.392. The summed E-state index contributed by atoms with van der Waals surface area (Å²) >= 11 is 0. The summed E-state index contributed by atoms with van der Waals surface area (Å²) in [7, 11) is 0. The molecule has 0 saturated heterocycles. The molecule has 2 nitrogen and oxygen atoms in total. The Kier molecular flexibility index (Phi) is 5.75. The minimum Gasteiger partial charge on any atom is -0.323 e. The molecule has 0 amide bonds. The van der Waals surface area contributed by atoms with Crippen molar-refractivity contribution in [3.05, 3.63) is 35.6 Å². The Morgan fingerprint density at radius 1 is 1.21 bits per heavy atom. The van der Waals surface area contributed by atoms with Crippen LogP contribution in [0.25, 0.3) is 0 Å². The fourth-order valence-electron chi connectivity index (χ4n) is 1.90. The molecular formula is C13H18F4N2. The Hall–Kier alpha value is -1.14. The van der Waals surface area contributed by atoms with Gasteiger partial charge in [0.05, 0.1) is 6.54 Å². The fourth-order valence-corrected chi connectivity index (χ4v) is 1.90. The average molecular weight is 278 g/mol. The van der Waals surface area contributed by atoms with Crippen molar-refractivity contribution >= 4 is 0 Å². The van der Waals surface area contributed by atoms with Crippen molar-refractivity contribution in [2.24, 2.45) is 5.73 Å². The molecule has 1 aromatic rings. The molecule has 0 aromatic heterocycles. The van der Waals surface area contributed by atoms with Gasteiger partial charge in [-0.2, -0.15) is 13.2 Å². The SMILES string of the molecule is CCCN(CC(N)c1ccc(F)cc1)CC(F)(F)F. The third-order valence-corrected chi connectivity index (χ3v) is 2.70. The molecule has 1 rings (SSSR count). The van der Waals surface area contributed by atoms with Crippen LogP contribution in [-0.2, 0) is 0 Å². The van der Waals surface area contributed by atoms with Gasteiger partial charge in [-0.1, -0.05) is 19.1 Å². The minimum absolute atomic E-state index is 0.0962. The normalized spacial score (nSPS) is 13.8. The third kappa shape index (κ3) is 6.02. The molecule has 0 saturated carbocycles. The summed E-state index contributed by atoms with van der Waals surface area (Å²) in [6.45, 7) is 1.26. The van der Waals surface area contributed by atoms with E-state index < -0.39 is 24.6 Å². The highest BCUT2D eigenvalue weighted by molar-refractivity contribution is 5.19. The summed E-state index contributed by atoms with van der Waals surface area (Å²) in [4.78, 5) is 1.27. The molecule has 19 heavy (non-hydrogen) atoms. The summed E-state index contributed by atoms with van der Waals surface area (Å²) in [6.07, 6.45) is -3.62. The molecule has 0 spiro atoms. The van der Waals surface area contributed by atoms with Crippen LogP contribution >= 0.6 is 0 Å². The van der Waals surface area contributed by atoms with Gasteiger partial charge in [0.15, 0.2) is 0 Å². The van der Waals surface area contributed by atoms with E-state index in [0.29, 0.717) is 18.5 Å². The molecule has 6 heteroatoms. The molecule has 0 radical (unpaired) electrons. The largest absolute Gasteiger partial charge is 0.401 e. The predicted molar refractivity (Wildman–Crippen MR) is 66.1 cm³/mol. The lowest BCUT2D eigenvalue weighted by atomic mass is 10.1. The number of hydrogen-bond acceptors (Lipinski definition) is 2. The molecule has 0 aliphatic rings. The molecule has 1 atom stereocenters. The number of nitrogens with two attached hydrogens (primary N) is 1. The Morgan fingerprint density at radius 2 is 1.79 bits per heavy atom. The Labute approximate surface area is 110 Å². The second kappa shape index (κ2) is 6.86. The zero-order valence-corrected chi connectivity index (χ0v) is 10.8. The molecule has 0 fully saturated rings. The Morgan fingerprint density at radius 3 is 2.26 bits per heavy atom. The van der Waals surface area contributed by atoms with Crippen LogP contribution in [-0.4, -0.2) is 30.7 Å². The van der Waals surface area contributed by atoms with Gasteiger partial charge in [0.25, 0.3) is 0 Å². The van der Waals surface area contributed by atoms with Crippen LogP contribution in [0.1, 0.15) is 24.9 Å². The molecule has 108 valence electrons. The first kappa shape index (κ1) is 15.9. The zero-order chi connectivity index (χ0) is 14.5. The van der Waals surface area contributed by atoms with Crippen molar-refractivity contribution in [2.75, 3.05) is 19.6 Å². The molecular weight excluding hydrogens is 260 g/mol. The summed E-state index contributed by atoms with van der Waals surface area (Å²) in [5.41, 5.74) is 6.49. The van der Waals surface area contributed by atoms with Gasteiger partial charge in [0, 0.05) is 12.6 Å². The van der Waals surface area contributed by atoms with E-state index in [2.05, 4.69) is 0 Å². The van der Waals surface area contributed by atoms with E-state index in [1.165, 1.54) is 29.2 Å². The van der Waals surface area contributed by atoms with E-state index in [-0.39, 0.29) is 6.54 Å². The molecule has 1 unspecified atom stereocenters. The molecule has 0 aliphatic carbocycles. The van der Waals surface area contributed by atoms with Gasteiger partial charge in [-0.05, 0) is 30.7 Å². The van der Waals surface area contributed by atoms with Crippen LogP contribution < -0.4 is 5.73 Å². The summed E-state index contributed by atoms with van der Waals surface area (Å²) in [6, 6.07) is 4.94. The van der Waals surface area contributed by atoms with E-state index in [0.717, 1.165) is 0 Å². The molecule has 2 N–H and O–H groups in total. The van der Waals surface area contributed by atoms with E-state index in [9.17, 15) is 17.6 Å². The van der Waals surface area contributed by atoms with Crippen molar-refractivity contribution in [3.8, 4) is 0 Å². The van der Waals surface area contributed by atoms with E-state index in [4.69, 9.17) is 5.73 Å². The molecule has 0 heterocycles. The number of benzene rings is 1. The highest BCUT2D eigenvalue weighted by Gasteiger charge is 2.31. The minimum atomic E-state index is -4.24. The van der Waals surface area contributed by atoms with Gasteiger partial charge in [-0.3, -0.25) is 4.90 Å². The van der Waals surface area contributed by atoms with Crippen molar-refractivity contribution < 1.29 is 17.6 Å². The zero-order valence-electron chi connectivity index (χ0n) is 10.8. The number of halogens is 4. The van der Waals surface area contributed by atoms with Gasteiger partial charge in [-0.15, -0.1) is 0 Å². The van der Waals surface area contributed by atoms with Gasteiger partial charge >= 0.3 is 6.18 Å². The number of alkyl halides is 3. The number of rotatable bonds is 6. The first-order valence-corrected chi connectivity index (χ1v) is 6.12. The van der Waals surface area contributed by atoms with Gasteiger partial charge in [0.2, 0.25) is 0 Å². The average Bonchev–Trinajstić information content (AvgIpc) is 2.27. The number of hydrogen-bond donors (Lipinski definition) is 1. The highest BCUT2D eigenvalue weighted by atomic mass is 19.4. The first-order valence-electron chi connectivity index (χ1n) is 6.12. The van der Waals surface area contributed by atoms with Crippen molar-refractivity contribution in [3.63, 3.8) is 0 Å². The lowest BCUT2D eigenvalue weighted by molar-refractivity contribution is -0.146. The van der Waals surface area contributed by atoms with Crippen LogP contribution in [0.15, 0.2) is 24.3 Å². The molecule has 0 bridgehead atoms. The van der Waals surface area contributed by atoms with Gasteiger partial charge in [-0.25, -0.2) is 4.39 Å². The van der Waals surface area contributed by atoms with Crippen LogP contribution in [0.2, 0.25) is 0 Å². The first-order chi connectivity index (χ1) is 8.81. The second-order valence-corrected chi connectivity index (χ2v) is 4.51. The van der Waals surface area contributed by atoms with Gasteiger partial charge in [0.1, 0.15) is 5.82 Å². The van der Waals surface area contributed by atoms with Crippen molar-refractivity contribution in [2.45, 2.75) is 25.6 Å². The van der Waals surface area contributed by atoms with Crippen molar-refractivity contribution in [1.82, 2.24) is 4.90 Å². The predicted octanol–water partition coefficient (Wildman–Crippen LogP) is 3.10. The molecule has 0 aliphatic heterocycles. The maximum atomic E-state index is 12.8. The van der Waals surface area contributed by atoms with Gasteiger partial charge < -0.3 is 5.73 Å². The summed E-state index contributed by atoms with van der Waals surface area (Å²) in [5, 5.41) is 0. The quantitative estimate of drug-likeness (QED) is 0.810. The van der Waals surface area contributed by atoms with E-state index in [1.807, 2.05) is 6.92 Å². The summed E-state index contributed by atoms with van der Waals surface area (Å²) < 4.78 is 50.0. The third-order valence-electron chi connectivity index (χ3n) is 2.70. The van der Waals surface area contributed by atoms with E-state index >= 15 is 0 Å². The van der Waals surface area contributed by atoms with Crippen molar-refractivity contribution in [1.29, 1.82) is 0 Å². The second-order valence-electron chi connectivity index (χ2n) is 4.51. The van der Waals surface area contributed by atoms with Crippen LogP contribution in [0.3, 0.4) is 0 Å². The Bertz CT molecular complexity index is 375. The lowest BCUT2D eigenvalue weighted by Crippen LogP contribution is -2.39.